The molecule has 9 nitrogen and oxygen atoms in total. The smallest absolute Gasteiger partial charge is 0.181 e. The normalized spacial score (nSPS) is 10.1. The van der Waals surface area contributed by atoms with Crippen LogP contribution in [0.1, 0.15) is 391 Å². The first kappa shape index (κ1) is 155. The highest BCUT2D eigenvalue weighted by Crippen LogP contribution is 2.31. The van der Waals surface area contributed by atoms with Crippen molar-refractivity contribution >= 4 is 89.2 Å². The van der Waals surface area contributed by atoms with E-state index in [2.05, 4.69) is 192 Å². The van der Waals surface area contributed by atoms with Crippen LogP contribution in [-0.2, 0) is 64.3 Å². The number of fused-ring (bicyclic) bond motifs is 11. The Morgan fingerprint density at radius 1 is 0.308 bits per heavy atom. The van der Waals surface area contributed by atoms with Crippen LogP contribution in [0.15, 0.2) is 305 Å². The molecule has 3 aliphatic heterocycles. The Kier molecular flexibility index (Phi) is 139. The fourth-order valence-corrected chi connectivity index (χ4v) is 14.7. The summed E-state index contributed by atoms with van der Waals surface area (Å²) in [5.74, 6) is 2.34. The van der Waals surface area contributed by atoms with Gasteiger partial charge in [-0.1, -0.05) is 487 Å². The van der Waals surface area contributed by atoms with Gasteiger partial charge in [0.1, 0.15) is 11.3 Å². The van der Waals surface area contributed by atoms with Crippen LogP contribution in [0.5, 0.6) is 5.75 Å². The molecule has 0 spiro atoms. The monoisotopic (exact) mass is 2010 g/mol. The summed E-state index contributed by atoms with van der Waals surface area (Å²) in [5, 5.41) is 3.47. The molecule has 0 saturated carbocycles. The lowest BCUT2D eigenvalue weighted by molar-refractivity contribution is 0.357. The Bertz CT molecular complexity index is 4130. The van der Waals surface area contributed by atoms with E-state index in [0.29, 0.717) is 0 Å². The molecule has 0 fully saturated rings. The maximum atomic E-state index is 5.30. The SMILES string of the molecule is C1=Cc2ccccc2C1.C1=NCc2ccccc21.CC.CC.CC.CC.CC.CC.CC.CC.CC.CC.CC.CC.CC.CC.CC.CC.CC.CC.CC.CC.CC.CC.c1cc2c(cn1)CCC2.c1ccc2[nH]cnc2c1.c1ccc2c(c1)CCC2.c1ccc2c(c1)CCO2.c1ccc2c(c1)CCS2.c1ccc2ocnc2c1.c1ccc2sccc2c1.c1ccc2scnc2c1.c1cnc2c(c1)CCC2. The molecule has 143 heavy (non-hydrogen) atoms. The van der Waals surface area contributed by atoms with Crippen LogP contribution >= 0.6 is 34.4 Å². The molecular formula is C131H213N7O2S3. The van der Waals surface area contributed by atoms with E-state index >= 15 is 0 Å². The lowest BCUT2D eigenvalue weighted by Crippen LogP contribution is -1.85. The van der Waals surface area contributed by atoms with Gasteiger partial charge < -0.3 is 14.1 Å². The summed E-state index contributed by atoms with van der Waals surface area (Å²) in [5.41, 5.74) is 24.1. The van der Waals surface area contributed by atoms with Crippen LogP contribution in [0.3, 0.4) is 0 Å². The van der Waals surface area contributed by atoms with Crippen LogP contribution in [0.2, 0.25) is 0 Å². The number of thiophene rings is 1. The first-order valence-electron chi connectivity index (χ1n) is 56.2. The first-order chi connectivity index (χ1) is 71.1. The molecule has 22 rings (SSSR count). The number of pyridine rings is 2. The molecule has 0 unspecified atom stereocenters. The molecule has 15 aromatic rings. The van der Waals surface area contributed by atoms with E-state index < -0.39 is 0 Å². The third kappa shape index (κ3) is 70.9. The van der Waals surface area contributed by atoms with Gasteiger partial charge in [-0.2, -0.15) is 0 Å². The number of thiazole rings is 1. The number of hydrogen-bond acceptors (Lipinski definition) is 11. The molecule has 0 amide bonds. The number of imidazole rings is 1. The number of aliphatic imine (C=N–C) groups is 1. The van der Waals surface area contributed by atoms with Crippen LogP contribution < -0.4 is 4.74 Å². The van der Waals surface area contributed by atoms with Crippen molar-refractivity contribution in [3.63, 3.8) is 0 Å². The molecule has 4 aliphatic carbocycles. The van der Waals surface area contributed by atoms with Crippen LogP contribution in [0, 0.1) is 0 Å². The zero-order chi connectivity index (χ0) is 111. The zero-order valence-electron chi connectivity index (χ0n) is 99.7. The van der Waals surface area contributed by atoms with Crippen LogP contribution in [0.4, 0.5) is 0 Å². The van der Waals surface area contributed by atoms with E-state index in [1.54, 1.807) is 40.1 Å². The van der Waals surface area contributed by atoms with E-state index in [1.165, 1.54) is 152 Å². The number of nitrogens with zero attached hydrogens (tertiary/aromatic N) is 6. The molecule has 6 aromatic heterocycles. The molecule has 1 N–H and O–H groups in total. The summed E-state index contributed by atoms with van der Waals surface area (Å²) in [4.78, 5) is 29.1. The van der Waals surface area contributed by atoms with Gasteiger partial charge in [0.15, 0.2) is 12.0 Å². The molecule has 0 radical (unpaired) electrons. The van der Waals surface area contributed by atoms with Gasteiger partial charge >= 0.3 is 0 Å². The van der Waals surface area contributed by atoms with Crippen molar-refractivity contribution in [1.29, 1.82) is 0 Å². The Morgan fingerprint density at radius 2 is 0.755 bits per heavy atom. The van der Waals surface area contributed by atoms with Gasteiger partial charge in [0.2, 0.25) is 0 Å². The third-order valence-corrected chi connectivity index (χ3v) is 20.2. The van der Waals surface area contributed by atoms with Crippen molar-refractivity contribution in [2.24, 2.45) is 4.99 Å². The molecule has 7 aliphatic rings. The summed E-state index contributed by atoms with van der Waals surface area (Å²) in [6.07, 6.45) is 30.2. The number of aryl methyl sites for hydroxylation is 7. The Balaban J connectivity index is -0.000000143. The second-order valence-corrected chi connectivity index (χ2v) is 27.0. The van der Waals surface area contributed by atoms with E-state index in [4.69, 9.17) is 9.15 Å². The number of allylic oxidation sites excluding steroid dienone is 1. The van der Waals surface area contributed by atoms with Crippen molar-refractivity contribution in [3.8, 4) is 5.75 Å². The minimum atomic E-state index is 0.845. The minimum Gasteiger partial charge on any atom is -0.493 e. The van der Waals surface area contributed by atoms with E-state index in [0.717, 1.165) is 59.4 Å². The van der Waals surface area contributed by atoms with Gasteiger partial charge in [-0.3, -0.25) is 15.0 Å². The molecule has 9 heterocycles. The van der Waals surface area contributed by atoms with Gasteiger partial charge in [0.25, 0.3) is 0 Å². The minimum absolute atomic E-state index is 0.845. The molecule has 12 heteroatoms. The van der Waals surface area contributed by atoms with Crippen molar-refractivity contribution in [2.75, 3.05) is 12.4 Å². The molecule has 0 atom stereocenters. The molecule has 9 aromatic carbocycles. The summed E-state index contributed by atoms with van der Waals surface area (Å²) in [7, 11) is 0. The zero-order valence-corrected chi connectivity index (χ0v) is 102. The highest BCUT2D eigenvalue weighted by atomic mass is 32.2. The summed E-state index contributed by atoms with van der Waals surface area (Å²) >= 11 is 5.43. The van der Waals surface area contributed by atoms with E-state index in [-0.39, 0.29) is 0 Å². The van der Waals surface area contributed by atoms with E-state index in [9.17, 15) is 0 Å². The highest BCUT2D eigenvalue weighted by molar-refractivity contribution is 7.99. The predicted octanol–water partition coefficient (Wildman–Crippen LogP) is 44.3. The molecule has 0 saturated heterocycles. The largest absolute Gasteiger partial charge is 0.493 e. The number of thioether (sulfide) groups is 1. The predicted molar refractivity (Wildman–Crippen MR) is 666 cm³/mol. The Hall–Kier alpha value is -10.4. The number of ether oxygens (including phenoxy) is 1. The Labute approximate surface area is 895 Å². The molecular weight excluding hydrogens is 1800 g/mol. The second-order valence-electron chi connectivity index (χ2n) is 24.0. The average Bonchev–Trinajstić information content (AvgIpc) is 1.85. The van der Waals surface area contributed by atoms with Gasteiger partial charge in [-0.15, -0.1) is 34.4 Å². The van der Waals surface area contributed by atoms with Gasteiger partial charge in [-0.05, 0) is 215 Å². The average molecular weight is 2010 g/mol. The number of oxazole rings is 1. The number of nitrogens with one attached hydrogen (secondary N) is 1. The Morgan fingerprint density at radius 3 is 1.28 bits per heavy atom. The second kappa shape index (κ2) is 128. The molecule has 0 bridgehead atoms. The fourth-order valence-electron chi connectivity index (χ4n) is 12.2. The lowest BCUT2D eigenvalue weighted by atomic mass is 10.1. The summed E-state index contributed by atoms with van der Waals surface area (Å²) in [6.45, 7) is 89.7. The van der Waals surface area contributed by atoms with Crippen molar-refractivity contribution in [3.05, 3.63) is 358 Å². The van der Waals surface area contributed by atoms with Crippen LogP contribution in [0.25, 0.3) is 48.5 Å². The third-order valence-electron chi connectivity index (χ3n) is 17.4. The topological polar surface area (TPSA) is 115 Å². The number of hydrogen-bond donors (Lipinski definition) is 1. The maximum Gasteiger partial charge on any atom is 0.181 e. The highest BCUT2D eigenvalue weighted by Gasteiger charge is 2.13. The number of para-hydroxylation sites is 6. The molecule has 802 valence electrons. The van der Waals surface area contributed by atoms with Crippen LogP contribution in [-0.4, -0.2) is 48.5 Å². The van der Waals surface area contributed by atoms with Crippen molar-refractivity contribution in [1.82, 2.24) is 29.9 Å². The number of rotatable bonds is 0. The standard InChI is InChI=1S/C9H10.C9H8.2C8H9N.C8H7N.C8H8O.C8H8S.C8H6S.C7H6N2.C7H5NO.C7H5NS.22C2H6/c2*1-2-5-9-7-3-6-8(9)4-1;1-3-7-4-2-6-9-8(7)5-1;1-2-7-4-5-9-6-8(7)3-1;1-2-4-8-6-9-5-7(8)3-1;3*1-2-4-8-7(3-1)5-6-9-8;3*1-2-4-7-6(3-1)8-5-9-7;22*1-2/h1-2,4-5H,3,6-7H2;1-6H,7H2;2,4,6H,1,3,5H2;4-6H,1-3H2;1-5H,6H2;2*1-4H,5-6H2;1-6H;1-5H,(H,8,9);2*1-5H;22*1-2H3. The number of aromatic nitrogens is 6. The van der Waals surface area contributed by atoms with Crippen molar-refractivity contribution < 1.29 is 9.15 Å². The number of benzene rings is 9. The fraction of sp³-hybridized carbons (Fsp3) is 0.450. The van der Waals surface area contributed by atoms with E-state index in [1.807, 2.05) is 450 Å². The van der Waals surface area contributed by atoms with Gasteiger partial charge in [0, 0.05) is 52.3 Å². The maximum absolute atomic E-state index is 5.30. The first-order valence-corrected chi connectivity index (χ1v) is 58.9. The number of aromatic amines is 1. The number of H-pyrrole nitrogens is 1. The summed E-state index contributed by atoms with van der Waals surface area (Å²) < 4.78 is 12.9. The van der Waals surface area contributed by atoms with Gasteiger partial charge in [-0.25, -0.2) is 15.0 Å². The quantitative estimate of drug-likeness (QED) is 0.160. The van der Waals surface area contributed by atoms with Crippen molar-refractivity contribution in [2.45, 2.75) is 393 Å². The summed E-state index contributed by atoms with van der Waals surface area (Å²) in [6, 6.07) is 82.9. The van der Waals surface area contributed by atoms with Gasteiger partial charge in [0.05, 0.1) is 46.2 Å². The lowest BCUT2D eigenvalue weighted by Gasteiger charge is -1.93.